The number of amides is 2. The fourth-order valence-electron chi connectivity index (χ4n) is 2.12. The van der Waals surface area contributed by atoms with Crippen molar-refractivity contribution in [2.24, 2.45) is 5.92 Å². The van der Waals surface area contributed by atoms with E-state index in [-0.39, 0.29) is 18.3 Å². The van der Waals surface area contributed by atoms with Crippen LogP contribution < -0.4 is 5.32 Å². The second-order valence-corrected chi connectivity index (χ2v) is 5.22. The molecule has 118 valence electrons. The zero-order valence-corrected chi connectivity index (χ0v) is 11.5. The van der Waals surface area contributed by atoms with Crippen LogP contribution in [0, 0.1) is 5.92 Å². The first kappa shape index (κ1) is 15.6. The van der Waals surface area contributed by atoms with E-state index in [2.05, 4.69) is 10.4 Å². The van der Waals surface area contributed by atoms with Crippen LogP contribution in [-0.4, -0.2) is 51.2 Å². The Hall–Kier alpha value is -1.77. The molecule has 0 aromatic carbocycles. The number of piperidine rings is 1. The zero-order chi connectivity index (χ0) is 15.6. The Morgan fingerprint density at radius 3 is 2.90 bits per heavy atom. The fourth-order valence-corrected chi connectivity index (χ4v) is 2.12. The lowest BCUT2D eigenvalue weighted by molar-refractivity contribution is -0.142. The first-order valence-corrected chi connectivity index (χ1v) is 6.59. The number of nitrogens with zero attached hydrogens (tertiary/aromatic N) is 3. The van der Waals surface area contributed by atoms with E-state index in [1.807, 2.05) is 6.92 Å². The number of urea groups is 1. The van der Waals surface area contributed by atoms with Gasteiger partial charge >= 0.3 is 12.2 Å². The van der Waals surface area contributed by atoms with Crippen molar-refractivity contribution in [2.75, 3.05) is 18.4 Å². The van der Waals surface area contributed by atoms with E-state index in [0.29, 0.717) is 17.6 Å². The number of carbonyl (C=O) groups excluding carboxylic acids is 1. The minimum Gasteiger partial charge on any atom is -0.391 e. The second kappa shape index (κ2) is 5.92. The molecule has 0 saturated carbocycles. The van der Waals surface area contributed by atoms with E-state index in [1.54, 1.807) is 0 Å². The number of hydrogen-bond donors (Lipinski definition) is 2. The molecule has 2 heterocycles. The Balaban J connectivity index is 1.91. The lowest BCUT2D eigenvalue weighted by atomic mass is 9.96. The van der Waals surface area contributed by atoms with Gasteiger partial charge in [0.05, 0.1) is 6.10 Å². The predicted molar refractivity (Wildman–Crippen MR) is 68.7 cm³/mol. The highest BCUT2D eigenvalue weighted by molar-refractivity contribution is 5.88. The Labute approximate surface area is 119 Å². The number of rotatable bonds is 2. The number of β-amino-alcohol motifs (C(OH)–C–C–N with tert-alkyl or cyclic N) is 1. The van der Waals surface area contributed by atoms with Crippen LogP contribution in [0.5, 0.6) is 0 Å². The molecule has 6 nitrogen and oxygen atoms in total. The molecule has 0 radical (unpaired) electrons. The van der Waals surface area contributed by atoms with Gasteiger partial charge in [0.25, 0.3) is 0 Å². The van der Waals surface area contributed by atoms with E-state index in [4.69, 9.17) is 0 Å². The minimum atomic E-state index is -4.36. The predicted octanol–water partition coefficient (Wildman–Crippen LogP) is 1.68. The van der Waals surface area contributed by atoms with Crippen molar-refractivity contribution in [1.82, 2.24) is 14.7 Å². The molecule has 21 heavy (non-hydrogen) atoms. The second-order valence-electron chi connectivity index (χ2n) is 5.22. The highest BCUT2D eigenvalue weighted by Crippen LogP contribution is 2.19. The van der Waals surface area contributed by atoms with Crippen LogP contribution in [0.2, 0.25) is 0 Å². The first-order valence-electron chi connectivity index (χ1n) is 6.59. The lowest BCUT2D eigenvalue weighted by Crippen LogP contribution is -2.47. The largest absolute Gasteiger partial charge is 0.408 e. The number of aromatic nitrogens is 2. The van der Waals surface area contributed by atoms with Crippen LogP contribution in [0.15, 0.2) is 12.3 Å². The Morgan fingerprint density at radius 1 is 1.57 bits per heavy atom. The summed E-state index contributed by atoms with van der Waals surface area (Å²) < 4.78 is 37.3. The highest BCUT2D eigenvalue weighted by atomic mass is 19.4. The maximum Gasteiger partial charge on any atom is 0.408 e. The number of halogens is 3. The van der Waals surface area contributed by atoms with Gasteiger partial charge in [-0.3, -0.25) is 10.00 Å². The van der Waals surface area contributed by atoms with Gasteiger partial charge in [-0.15, -0.1) is 0 Å². The van der Waals surface area contributed by atoms with Gasteiger partial charge in [0, 0.05) is 25.4 Å². The van der Waals surface area contributed by atoms with Gasteiger partial charge in [-0.1, -0.05) is 6.92 Å². The summed E-state index contributed by atoms with van der Waals surface area (Å²) in [5, 5.41) is 15.8. The summed E-state index contributed by atoms with van der Waals surface area (Å²) in [5.74, 6) is 0.178. The van der Waals surface area contributed by atoms with Gasteiger partial charge in [-0.2, -0.15) is 18.3 Å². The van der Waals surface area contributed by atoms with Crippen LogP contribution in [0.25, 0.3) is 0 Å². The third kappa shape index (κ3) is 4.35. The smallest absolute Gasteiger partial charge is 0.391 e. The molecule has 2 N–H and O–H groups in total. The number of anilines is 1. The molecule has 1 saturated heterocycles. The quantitative estimate of drug-likeness (QED) is 0.873. The molecule has 0 aliphatic carbocycles. The molecule has 2 unspecified atom stereocenters. The number of alkyl halides is 3. The summed E-state index contributed by atoms with van der Waals surface area (Å²) in [6.45, 7) is 1.39. The summed E-state index contributed by atoms with van der Waals surface area (Å²) >= 11 is 0. The van der Waals surface area contributed by atoms with Gasteiger partial charge in [-0.05, 0) is 12.3 Å². The van der Waals surface area contributed by atoms with Gasteiger partial charge in [0.15, 0.2) is 5.82 Å². The van der Waals surface area contributed by atoms with E-state index >= 15 is 0 Å². The molecule has 2 atom stereocenters. The van der Waals surface area contributed by atoms with Crippen molar-refractivity contribution >= 4 is 11.8 Å². The molecule has 2 rings (SSSR count). The van der Waals surface area contributed by atoms with E-state index < -0.39 is 24.9 Å². The normalized spacial score (nSPS) is 23.2. The summed E-state index contributed by atoms with van der Waals surface area (Å²) in [6, 6.07) is 0.824. The van der Waals surface area contributed by atoms with Gasteiger partial charge in [-0.25, -0.2) is 4.79 Å². The molecular formula is C12H17F3N4O2. The number of carbonyl (C=O) groups is 1. The topological polar surface area (TPSA) is 70.4 Å². The molecular weight excluding hydrogens is 289 g/mol. The Morgan fingerprint density at radius 2 is 2.29 bits per heavy atom. The van der Waals surface area contributed by atoms with Crippen LogP contribution in [0.4, 0.5) is 23.8 Å². The maximum absolute atomic E-state index is 12.2. The Bertz CT molecular complexity index is 503. The summed E-state index contributed by atoms with van der Waals surface area (Å²) in [4.78, 5) is 13.4. The van der Waals surface area contributed by atoms with E-state index in [1.165, 1.54) is 11.0 Å². The summed E-state index contributed by atoms with van der Waals surface area (Å²) in [5.41, 5.74) is 0. The molecule has 9 heteroatoms. The third-order valence-electron chi connectivity index (χ3n) is 3.42. The third-order valence-corrected chi connectivity index (χ3v) is 3.42. The average Bonchev–Trinajstić information content (AvgIpc) is 2.77. The molecule has 1 aromatic heterocycles. The molecule has 1 aliphatic rings. The number of aliphatic hydroxyl groups is 1. The van der Waals surface area contributed by atoms with Gasteiger partial charge < -0.3 is 10.0 Å². The van der Waals surface area contributed by atoms with Crippen LogP contribution >= 0.6 is 0 Å². The van der Waals surface area contributed by atoms with Crippen molar-refractivity contribution in [3.63, 3.8) is 0 Å². The molecule has 2 amide bonds. The molecule has 1 fully saturated rings. The zero-order valence-electron chi connectivity index (χ0n) is 11.5. The molecule has 0 spiro atoms. The number of aliphatic hydroxyl groups excluding tert-OH is 1. The van der Waals surface area contributed by atoms with Crippen LogP contribution in [0.3, 0.4) is 0 Å². The standard InChI is InChI=1S/C12H17F3N4O2/c1-8-2-4-18(6-9(8)20)11(21)16-10-3-5-19(17-10)7-12(13,14)15/h3,5,8-9,20H,2,4,6-7H2,1H3,(H,16,17,21). The van der Waals surface area contributed by atoms with Crippen LogP contribution in [0.1, 0.15) is 13.3 Å². The van der Waals surface area contributed by atoms with Crippen LogP contribution in [-0.2, 0) is 6.54 Å². The molecule has 0 bridgehead atoms. The summed E-state index contributed by atoms with van der Waals surface area (Å²) in [6.07, 6.45) is -3.12. The van der Waals surface area contributed by atoms with Gasteiger partial charge in [0.1, 0.15) is 6.54 Å². The van der Waals surface area contributed by atoms with Crippen molar-refractivity contribution in [3.05, 3.63) is 12.3 Å². The van der Waals surface area contributed by atoms with E-state index in [0.717, 1.165) is 6.20 Å². The summed E-state index contributed by atoms with van der Waals surface area (Å²) in [7, 11) is 0. The number of likely N-dealkylation sites (tertiary alicyclic amines) is 1. The number of nitrogens with one attached hydrogen (secondary N) is 1. The SMILES string of the molecule is CC1CCN(C(=O)Nc2ccn(CC(F)(F)F)n2)CC1O. The van der Waals surface area contributed by atoms with Crippen molar-refractivity contribution in [3.8, 4) is 0 Å². The minimum absolute atomic E-state index is 0.0531. The van der Waals surface area contributed by atoms with Crippen molar-refractivity contribution in [2.45, 2.75) is 32.2 Å². The highest BCUT2D eigenvalue weighted by Gasteiger charge is 2.29. The molecule has 1 aromatic rings. The van der Waals surface area contributed by atoms with E-state index in [9.17, 15) is 23.1 Å². The first-order chi connectivity index (χ1) is 9.74. The van der Waals surface area contributed by atoms with Crippen molar-refractivity contribution < 1.29 is 23.1 Å². The fraction of sp³-hybridized carbons (Fsp3) is 0.667. The average molecular weight is 306 g/mol. The number of hydrogen-bond acceptors (Lipinski definition) is 3. The van der Waals surface area contributed by atoms with Gasteiger partial charge in [0.2, 0.25) is 0 Å². The van der Waals surface area contributed by atoms with Crippen molar-refractivity contribution in [1.29, 1.82) is 0 Å². The maximum atomic E-state index is 12.2. The molecule has 1 aliphatic heterocycles. The Kier molecular flexibility index (Phi) is 4.40. The monoisotopic (exact) mass is 306 g/mol. The lowest BCUT2D eigenvalue weighted by Gasteiger charge is -2.33.